The van der Waals surface area contributed by atoms with Crippen molar-refractivity contribution in [2.24, 2.45) is 0 Å². The molecule has 1 unspecified atom stereocenters. The molecular formula is C40H124O15Si18. The van der Waals surface area contributed by atoms with Gasteiger partial charge in [0.25, 0.3) is 9.28 Å². The molecule has 0 amide bonds. The van der Waals surface area contributed by atoms with Gasteiger partial charge in [0.15, 0.2) is 115 Å². The molecule has 0 aliphatic rings. The summed E-state index contributed by atoms with van der Waals surface area (Å²) < 4.78 is 93.2. The van der Waals surface area contributed by atoms with Crippen molar-refractivity contribution >= 4 is 159 Å². The maximum Gasteiger partial charge on any atom is 0.647 e. The zero-order valence-electron chi connectivity index (χ0n) is 54.5. The summed E-state index contributed by atoms with van der Waals surface area (Å²) >= 11 is 0. The Balaban J connectivity index is -0.000000459. The van der Waals surface area contributed by atoms with E-state index in [-0.39, 0.29) is 12.4 Å². The zero-order chi connectivity index (χ0) is 58.9. The van der Waals surface area contributed by atoms with Gasteiger partial charge < -0.3 is 62.7 Å². The van der Waals surface area contributed by atoms with Crippen LogP contribution in [0.25, 0.3) is 0 Å². The van der Waals surface area contributed by atoms with Crippen LogP contribution in [-0.4, -0.2) is 172 Å². The van der Waals surface area contributed by atoms with Gasteiger partial charge in [-0.1, -0.05) is 0 Å². The predicted molar refractivity (Wildman–Crippen MR) is 362 cm³/mol. The first-order chi connectivity index (χ1) is 32.3. The van der Waals surface area contributed by atoms with E-state index in [2.05, 4.69) is 216 Å². The molecule has 1 atom stereocenters. The third kappa shape index (κ3) is 54.3. The molecular weight excluding hydrogens is 1230 g/mol. The lowest BCUT2D eigenvalue weighted by Gasteiger charge is -2.39. The summed E-state index contributed by atoms with van der Waals surface area (Å²) in [6.45, 7) is 77.9. The van der Waals surface area contributed by atoms with Crippen LogP contribution in [0.15, 0.2) is 0 Å². The maximum absolute atomic E-state index is 6.56. The van der Waals surface area contributed by atoms with Crippen LogP contribution in [0, 0.1) is 0 Å². The quantitative estimate of drug-likeness (QED) is 0.0455. The van der Waals surface area contributed by atoms with Gasteiger partial charge in [0.1, 0.15) is 6.29 Å². The van der Waals surface area contributed by atoms with Crippen molar-refractivity contribution in [2.75, 3.05) is 0 Å². The van der Waals surface area contributed by atoms with Gasteiger partial charge in [-0.3, -0.25) is 0 Å². The Bertz CT molecular complexity index is 1230. The van der Waals surface area contributed by atoms with Crippen molar-refractivity contribution in [3.8, 4) is 0 Å². The molecule has 0 aliphatic carbocycles. The predicted octanol–water partition coefficient (Wildman–Crippen LogP) is 11.0. The minimum absolute atomic E-state index is 0.0786. The summed E-state index contributed by atoms with van der Waals surface area (Å²) in [5, 5.41) is 0. The largest absolute Gasteiger partial charge is 0.647 e. The highest BCUT2D eigenvalue weighted by Gasteiger charge is 2.51. The summed E-state index contributed by atoms with van der Waals surface area (Å²) in [4.78, 5) is 0. The third-order valence-electron chi connectivity index (χ3n) is 7.31. The van der Waals surface area contributed by atoms with E-state index in [1.54, 1.807) is 0 Å². The summed E-state index contributed by atoms with van der Waals surface area (Å²) in [6, 6.07) is 1.54. The van der Waals surface area contributed by atoms with Gasteiger partial charge in [-0.15, -0.1) is 0 Å². The van der Waals surface area contributed by atoms with Crippen molar-refractivity contribution in [3.05, 3.63) is 0 Å². The fraction of sp³-hybridized carbons (Fsp3) is 1.00. The average Bonchev–Trinajstić information content (AvgIpc) is 3.00. The molecule has 0 aromatic heterocycles. The molecule has 15 nitrogen and oxygen atoms in total. The smallest absolute Gasteiger partial charge is 0.439 e. The highest BCUT2D eigenvalue weighted by molar-refractivity contribution is 6.85. The van der Waals surface area contributed by atoms with Crippen LogP contribution >= 0.6 is 0 Å². The Morgan fingerprint density at radius 2 is 0.534 bits per heavy atom. The zero-order valence-corrected chi connectivity index (χ0v) is 74.0. The lowest BCUT2D eigenvalue weighted by Crippen LogP contribution is -2.58. The molecule has 0 aromatic carbocycles. The third-order valence-corrected chi connectivity index (χ3v) is 54.0. The summed E-state index contributed by atoms with van der Waals surface area (Å²) in [5.74, 6) is 0. The molecule has 0 saturated heterocycles. The number of hydrogen-bond donors (Lipinski definition) is 0. The van der Waals surface area contributed by atoms with Gasteiger partial charge in [-0.05, 0) is 237 Å². The molecule has 33 heteroatoms. The van der Waals surface area contributed by atoms with E-state index < -0.39 is 159 Å². The average molecular weight is 1350 g/mol. The van der Waals surface area contributed by atoms with Crippen LogP contribution < -0.4 is 0 Å². The Morgan fingerprint density at radius 3 is 0.712 bits per heavy atom. The van der Waals surface area contributed by atoms with Crippen LogP contribution in [0.2, 0.25) is 228 Å². The van der Waals surface area contributed by atoms with E-state index >= 15 is 0 Å². The Kier molecular flexibility index (Phi) is 43.3. The molecule has 0 bridgehead atoms. The van der Waals surface area contributed by atoms with E-state index in [9.17, 15) is 0 Å². The first-order valence-corrected chi connectivity index (χ1v) is 76.5. The van der Waals surface area contributed by atoms with Gasteiger partial charge in [-0.2, -0.15) is 0 Å². The maximum atomic E-state index is 6.56. The van der Waals surface area contributed by atoms with Gasteiger partial charge in [0, 0.05) is 18.2 Å². The molecule has 0 saturated carbocycles. The van der Waals surface area contributed by atoms with Crippen LogP contribution in [0.1, 0.15) is 20.8 Å². The van der Waals surface area contributed by atoms with Crippen molar-refractivity contribution in [3.63, 3.8) is 0 Å². The Hall–Kier alpha value is 3.30. The van der Waals surface area contributed by atoms with Crippen LogP contribution in [0.4, 0.5) is 0 Å². The van der Waals surface area contributed by atoms with Crippen molar-refractivity contribution < 1.29 is 62.7 Å². The van der Waals surface area contributed by atoms with Gasteiger partial charge >= 0.3 is 35.2 Å². The van der Waals surface area contributed by atoms with Gasteiger partial charge in [0.2, 0.25) is 0 Å². The first kappa shape index (κ1) is 82.8. The molecule has 446 valence electrons. The van der Waals surface area contributed by atoms with Gasteiger partial charge in [0.05, 0.1) is 0 Å². The number of rotatable bonds is 33. The number of hydrogen-bond acceptors (Lipinski definition) is 15. The molecule has 0 radical (unpaired) electrons. The van der Waals surface area contributed by atoms with Crippen LogP contribution in [0.5, 0.6) is 0 Å². The molecule has 0 rings (SSSR count). The highest BCUT2D eigenvalue weighted by atomic mass is 28.5. The molecule has 0 N–H and O–H groups in total. The van der Waals surface area contributed by atoms with Crippen LogP contribution in [0.3, 0.4) is 0 Å². The fourth-order valence-electron chi connectivity index (χ4n) is 7.01. The molecule has 0 aromatic rings. The topological polar surface area (TPSA) is 138 Å². The van der Waals surface area contributed by atoms with E-state index in [4.69, 9.17) is 62.7 Å². The summed E-state index contributed by atoms with van der Waals surface area (Å²) in [5.41, 5.74) is 0. The molecule has 0 heterocycles. The highest BCUT2D eigenvalue weighted by Crippen LogP contribution is 2.30. The van der Waals surface area contributed by atoms with E-state index in [0.29, 0.717) is 0 Å². The lowest BCUT2D eigenvalue weighted by atomic mass is 10.5. The standard InChI is InChI=1S/C14H46O6Si8.C10H28O3Si3.C9H28O4Si4.C7H22O2Si3/c1-21(2)15-27(16-22(3)4,17-23(5)6)13-14-28(18-24(7)8,19-25(9)10)20-26(11)12;1-10(11-14(2,3)4)12-16(8,9)13-15(5,6)7;1-9(2)10-17(11-14(3)4,12-15(5)6)13-16(7)8;1-10(8-11(2,3)4)9-12(5,6)7/h21-26H,13-14H2,1-12H3;10H,1-9H3;9,14-16H,1-8H3;10H,1-7H3. The van der Waals surface area contributed by atoms with Crippen LogP contribution in [-0.2, 0) is 62.7 Å². The normalized spacial score (nSPS) is 14.3. The minimum Gasteiger partial charge on any atom is -0.439 e. The molecule has 0 spiro atoms. The second-order valence-electron chi connectivity index (χ2n) is 25.6. The Labute approximate surface area is 479 Å². The summed E-state index contributed by atoms with van der Waals surface area (Å²) in [6.07, 6.45) is -0.0698. The molecule has 0 fully saturated rings. The fourth-order valence-corrected chi connectivity index (χ4v) is 60.9. The van der Waals surface area contributed by atoms with E-state index in [0.717, 1.165) is 12.1 Å². The Morgan fingerprint density at radius 1 is 0.288 bits per heavy atom. The second-order valence-corrected chi connectivity index (χ2v) is 81.9. The monoisotopic (exact) mass is 1350 g/mol. The molecule has 73 heavy (non-hydrogen) atoms. The van der Waals surface area contributed by atoms with Crippen molar-refractivity contribution in [1.82, 2.24) is 0 Å². The van der Waals surface area contributed by atoms with Crippen molar-refractivity contribution in [1.29, 1.82) is 0 Å². The minimum atomic E-state index is -2.86. The van der Waals surface area contributed by atoms with E-state index in [1.165, 1.54) is 0 Å². The van der Waals surface area contributed by atoms with Gasteiger partial charge in [-0.25, -0.2) is 0 Å². The first-order valence-electron chi connectivity index (χ1n) is 27.5. The SMILES string of the molecule is CC(C)O[Si](O[SiH](C)C)(O[SiH](C)C)O[SiH](C)C.CC(O[Si](C)(C)C)O[Si](C)(C)O[Si](C)(C)C.C[SiH](C)O[Si](CC[Si](O[SiH](C)C)(O[SiH](C)C)O[SiH](C)C)(O[SiH](C)C)O[SiH](C)C.C[SiH](O[Si](C)(C)C)O[Si](C)(C)C. The second kappa shape index (κ2) is 38.2. The summed E-state index contributed by atoms with van der Waals surface area (Å²) in [7, 11) is -29.0. The lowest BCUT2D eigenvalue weighted by molar-refractivity contribution is -0.00519. The van der Waals surface area contributed by atoms with E-state index in [1.807, 2.05) is 20.8 Å². The van der Waals surface area contributed by atoms with Crippen molar-refractivity contribution in [2.45, 2.75) is 261 Å². The molecule has 0 aliphatic heterocycles.